The minimum atomic E-state index is -0.194. The van der Waals surface area contributed by atoms with Crippen LogP contribution in [0.1, 0.15) is 50.8 Å². The zero-order valence-electron chi connectivity index (χ0n) is 11.4. The molecule has 1 fully saturated rings. The number of aryl methyl sites for hydroxylation is 1. The molecule has 1 aliphatic carbocycles. The van der Waals surface area contributed by atoms with Gasteiger partial charge in [-0.15, -0.1) is 0 Å². The number of rotatable bonds is 5. The molecule has 1 saturated carbocycles. The summed E-state index contributed by atoms with van der Waals surface area (Å²) in [5.74, 6) is 5.81. The lowest BCUT2D eigenvalue weighted by atomic mass is 9.78. The van der Waals surface area contributed by atoms with E-state index >= 15 is 0 Å². The van der Waals surface area contributed by atoms with Crippen LogP contribution in [0, 0.1) is 0 Å². The highest BCUT2D eigenvalue weighted by Gasteiger charge is 2.41. The molecule has 1 aliphatic rings. The quantitative estimate of drug-likeness (QED) is 0.619. The van der Waals surface area contributed by atoms with Crippen molar-refractivity contribution in [2.45, 2.75) is 57.2 Å². The van der Waals surface area contributed by atoms with Crippen molar-refractivity contribution in [3.05, 3.63) is 18.0 Å². The van der Waals surface area contributed by atoms with E-state index in [1.54, 1.807) is 7.11 Å². The number of hydrogen-bond acceptors (Lipinski definition) is 4. The lowest BCUT2D eigenvalue weighted by Crippen LogP contribution is -2.50. The Kier molecular flexibility index (Phi) is 4.37. The third kappa shape index (κ3) is 2.30. The smallest absolute Gasteiger partial charge is 0.0918 e. The highest BCUT2D eigenvalue weighted by molar-refractivity contribution is 5.14. The number of nitrogens with two attached hydrogens (primary N) is 1. The Morgan fingerprint density at radius 2 is 2.22 bits per heavy atom. The van der Waals surface area contributed by atoms with Crippen LogP contribution in [0.3, 0.4) is 0 Å². The summed E-state index contributed by atoms with van der Waals surface area (Å²) in [6, 6.07) is 2.04. The van der Waals surface area contributed by atoms with E-state index in [2.05, 4.69) is 17.4 Å². The number of ether oxygens (including phenoxy) is 1. The number of hydrogen-bond donors (Lipinski definition) is 2. The molecule has 1 unspecified atom stereocenters. The van der Waals surface area contributed by atoms with Crippen molar-refractivity contribution < 1.29 is 4.74 Å². The van der Waals surface area contributed by atoms with Gasteiger partial charge in [0.15, 0.2) is 0 Å². The molecule has 1 aromatic heterocycles. The first kappa shape index (κ1) is 13.5. The van der Waals surface area contributed by atoms with Gasteiger partial charge in [-0.1, -0.05) is 19.3 Å². The van der Waals surface area contributed by atoms with Crippen molar-refractivity contribution in [3.63, 3.8) is 0 Å². The molecular formula is C13H24N4O. The lowest BCUT2D eigenvalue weighted by Gasteiger charge is -2.42. The van der Waals surface area contributed by atoms with Crippen LogP contribution in [0.25, 0.3) is 0 Å². The van der Waals surface area contributed by atoms with Crippen molar-refractivity contribution in [2.75, 3.05) is 7.11 Å². The van der Waals surface area contributed by atoms with E-state index in [1.807, 2.05) is 16.9 Å². The highest BCUT2D eigenvalue weighted by Crippen LogP contribution is 2.40. The molecule has 3 N–H and O–H groups in total. The van der Waals surface area contributed by atoms with Gasteiger partial charge in [0.1, 0.15) is 0 Å². The van der Waals surface area contributed by atoms with Gasteiger partial charge >= 0.3 is 0 Å². The second-order valence-electron chi connectivity index (χ2n) is 5.00. The second-order valence-corrected chi connectivity index (χ2v) is 5.00. The minimum Gasteiger partial charge on any atom is -0.376 e. The van der Waals surface area contributed by atoms with Crippen molar-refractivity contribution in [1.82, 2.24) is 15.2 Å². The molecule has 18 heavy (non-hydrogen) atoms. The van der Waals surface area contributed by atoms with E-state index in [0.717, 1.165) is 25.1 Å². The number of methoxy groups -OCH3 is 1. The maximum absolute atomic E-state index is 5.87. The molecule has 0 amide bonds. The largest absolute Gasteiger partial charge is 0.376 e. The molecule has 1 heterocycles. The standard InChI is InChI=1S/C13H24N4O/c1-3-17-11(7-10-15-17)12(16-14)13(18-2)8-5-4-6-9-13/h7,10,12,16H,3-6,8-9,14H2,1-2H3. The van der Waals surface area contributed by atoms with Gasteiger partial charge in [0.05, 0.1) is 17.3 Å². The molecule has 0 radical (unpaired) electrons. The molecule has 1 atom stereocenters. The summed E-state index contributed by atoms with van der Waals surface area (Å²) >= 11 is 0. The van der Waals surface area contributed by atoms with E-state index in [9.17, 15) is 0 Å². The van der Waals surface area contributed by atoms with Gasteiger partial charge in [0.25, 0.3) is 0 Å². The van der Waals surface area contributed by atoms with Gasteiger partial charge < -0.3 is 4.74 Å². The zero-order valence-corrected chi connectivity index (χ0v) is 11.4. The van der Waals surface area contributed by atoms with Gasteiger partial charge in [-0.05, 0) is 25.8 Å². The summed E-state index contributed by atoms with van der Waals surface area (Å²) in [5, 5.41) is 4.33. The van der Waals surface area contributed by atoms with Crippen LogP contribution in [-0.2, 0) is 11.3 Å². The summed E-state index contributed by atoms with van der Waals surface area (Å²) < 4.78 is 7.86. The van der Waals surface area contributed by atoms with Crippen molar-refractivity contribution in [2.24, 2.45) is 5.84 Å². The van der Waals surface area contributed by atoms with Gasteiger partial charge in [-0.2, -0.15) is 5.10 Å². The number of nitrogens with one attached hydrogen (secondary N) is 1. The van der Waals surface area contributed by atoms with E-state index in [4.69, 9.17) is 10.6 Å². The van der Waals surface area contributed by atoms with Crippen molar-refractivity contribution in [3.8, 4) is 0 Å². The Morgan fingerprint density at radius 1 is 1.50 bits per heavy atom. The maximum Gasteiger partial charge on any atom is 0.0918 e. The fourth-order valence-electron chi connectivity index (χ4n) is 3.12. The van der Waals surface area contributed by atoms with Gasteiger partial charge in [0.2, 0.25) is 0 Å². The third-order valence-electron chi connectivity index (χ3n) is 4.14. The summed E-state index contributed by atoms with van der Waals surface area (Å²) in [6.45, 7) is 2.94. The topological polar surface area (TPSA) is 65.1 Å². The highest BCUT2D eigenvalue weighted by atomic mass is 16.5. The van der Waals surface area contributed by atoms with Crippen LogP contribution in [-0.4, -0.2) is 22.5 Å². The van der Waals surface area contributed by atoms with Crippen LogP contribution in [0.5, 0.6) is 0 Å². The molecule has 0 spiro atoms. The van der Waals surface area contributed by atoms with Gasteiger partial charge in [0, 0.05) is 19.9 Å². The van der Waals surface area contributed by atoms with Crippen molar-refractivity contribution >= 4 is 0 Å². The molecule has 102 valence electrons. The molecule has 1 aromatic rings. The average molecular weight is 252 g/mol. The SMILES string of the molecule is CCn1nccc1C(NN)C1(OC)CCCCC1. The Labute approximate surface area is 109 Å². The molecule has 2 rings (SSSR count). The zero-order chi connectivity index (χ0) is 13.0. The first-order valence-electron chi connectivity index (χ1n) is 6.80. The first-order chi connectivity index (χ1) is 8.77. The summed E-state index contributed by atoms with van der Waals surface area (Å²) in [6.07, 6.45) is 7.61. The van der Waals surface area contributed by atoms with Crippen LogP contribution in [0.15, 0.2) is 12.3 Å². The Morgan fingerprint density at radius 3 is 2.78 bits per heavy atom. The van der Waals surface area contributed by atoms with E-state index in [-0.39, 0.29) is 11.6 Å². The first-order valence-corrected chi connectivity index (χ1v) is 6.80. The molecular weight excluding hydrogens is 228 g/mol. The fraction of sp³-hybridized carbons (Fsp3) is 0.769. The van der Waals surface area contributed by atoms with Crippen LogP contribution in [0.4, 0.5) is 0 Å². The third-order valence-corrected chi connectivity index (χ3v) is 4.14. The van der Waals surface area contributed by atoms with Gasteiger partial charge in [-0.3, -0.25) is 10.5 Å². The van der Waals surface area contributed by atoms with E-state index < -0.39 is 0 Å². The maximum atomic E-state index is 5.87. The minimum absolute atomic E-state index is 0.00486. The molecule has 0 saturated heterocycles. The summed E-state index contributed by atoms with van der Waals surface area (Å²) in [4.78, 5) is 0. The summed E-state index contributed by atoms with van der Waals surface area (Å²) in [7, 11) is 1.79. The normalized spacial score (nSPS) is 20.8. The van der Waals surface area contributed by atoms with Crippen LogP contribution < -0.4 is 11.3 Å². The molecule has 0 bridgehead atoms. The second kappa shape index (κ2) is 5.82. The van der Waals surface area contributed by atoms with Crippen LogP contribution in [0.2, 0.25) is 0 Å². The Balaban J connectivity index is 2.31. The number of nitrogens with zero attached hydrogens (tertiary/aromatic N) is 2. The molecule has 5 heteroatoms. The summed E-state index contributed by atoms with van der Waals surface area (Å²) in [5.41, 5.74) is 3.87. The number of hydrazine groups is 1. The predicted molar refractivity (Wildman–Crippen MR) is 70.8 cm³/mol. The Hall–Kier alpha value is -0.910. The van der Waals surface area contributed by atoms with Crippen molar-refractivity contribution in [1.29, 1.82) is 0 Å². The lowest BCUT2D eigenvalue weighted by molar-refractivity contribution is -0.0707. The number of aromatic nitrogens is 2. The molecule has 0 aromatic carbocycles. The fourth-order valence-corrected chi connectivity index (χ4v) is 3.12. The Bertz CT molecular complexity index is 371. The van der Waals surface area contributed by atoms with Gasteiger partial charge in [-0.25, -0.2) is 5.43 Å². The monoisotopic (exact) mass is 252 g/mol. The average Bonchev–Trinajstić information content (AvgIpc) is 2.89. The van der Waals surface area contributed by atoms with E-state index in [0.29, 0.717) is 0 Å². The molecule has 5 nitrogen and oxygen atoms in total. The van der Waals surface area contributed by atoms with E-state index in [1.165, 1.54) is 19.3 Å². The predicted octanol–water partition coefficient (Wildman–Crippen LogP) is 1.76. The molecule has 0 aliphatic heterocycles. The van der Waals surface area contributed by atoms with Crippen LogP contribution >= 0.6 is 0 Å².